The number of fused-ring (bicyclic) bond motifs is 1. The standard InChI is InChI=1S/C22H21F3N4O3/c1-3-32-22(31)15-11-29(17-5-4-13(23)9-27-17)19-14(21(15)30)8-16(24)20(18(19)25)28-7-6-26-12(2)10-28/h4-5,8-9,11-12,26H,3,6-7,10H2,1-2H3. The molecule has 1 saturated heterocycles. The van der Waals surface area contributed by atoms with E-state index in [-0.39, 0.29) is 35.1 Å². The van der Waals surface area contributed by atoms with E-state index in [9.17, 15) is 14.0 Å². The molecular formula is C22H21F3N4O3. The van der Waals surface area contributed by atoms with Gasteiger partial charge in [-0.1, -0.05) is 0 Å². The number of nitrogens with zero attached hydrogens (tertiary/aromatic N) is 3. The van der Waals surface area contributed by atoms with Crippen LogP contribution >= 0.6 is 0 Å². The van der Waals surface area contributed by atoms with Gasteiger partial charge in [0.25, 0.3) is 0 Å². The monoisotopic (exact) mass is 446 g/mol. The molecule has 4 rings (SSSR count). The van der Waals surface area contributed by atoms with Crippen LogP contribution in [0.1, 0.15) is 24.2 Å². The van der Waals surface area contributed by atoms with E-state index in [2.05, 4.69) is 10.3 Å². The minimum atomic E-state index is -0.965. The first-order chi connectivity index (χ1) is 15.3. The number of carbonyl (C=O) groups excluding carboxylic acids is 1. The lowest BCUT2D eigenvalue weighted by molar-refractivity contribution is 0.0524. The molecule has 1 aromatic carbocycles. The lowest BCUT2D eigenvalue weighted by atomic mass is 10.1. The van der Waals surface area contributed by atoms with Crippen LogP contribution in [0.4, 0.5) is 18.9 Å². The second-order valence-corrected chi connectivity index (χ2v) is 7.52. The fraction of sp³-hybridized carbons (Fsp3) is 0.318. The zero-order valence-electron chi connectivity index (χ0n) is 17.5. The molecule has 2 aromatic heterocycles. The molecule has 1 unspecified atom stereocenters. The molecule has 1 atom stereocenters. The summed E-state index contributed by atoms with van der Waals surface area (Å²) in [7, 11) is 0. The second-order valence-electron chi connectivity index (χ2n) is 7.52. The molecule has 0 radical (unpaired) electrons. The third-order valence-corrected chi connectivity index (χ3v) is 5.30. The normalized spacial score (nSPS) is 16.4. The minimum absolute atomic E-state index is 0.00500. The van der Waals surface area contributed by atoms with Crippen LogP contribution in [0.5, 0.6) is 0 Å². The van der Waals surface area contributed by atoms with Crippen LogP contribution < -0.4 is 15.6 Å². The number of anilines is 1. The van der Waals surface area contributed by atoms with Crippen molar-refractivity contribution >= 4 is 22.6 Å². The van der Waals surface area contributed by atoms with Crippen molar-refractivity contribution in [1.82, 2.24) is 14.9 Å². The Balaban J connectivity index is 2.04. The molecule has 3 aromatic rings. The molecule has 7 nitrogen and oxygen atoms in total. The van der Waals surface area contributed by atoms with Crippen molar-refractivity contribution in [1.29, 1.82) is 0 Å². The molecule has 32 heavy (non-hydrogen) atoms. The molecule has 168 valence electrons. The first kappa shape index (κ1) is 21.8. The Morgan fingerprint density at radius 3 is 2.75 bits per heavy atom. The van der Waals surface area contributed by atoms with Gasteiger partial charge in [-0.3, -0.25) is 9.36 Å². The van der Waals surface area contributed by atoms with Crippen molar-refractivity contribution in [2.24, 2.45) is 0 Å². The molecule has 0 amide bonds. The van der Waals surface area contributed by atoms with Gasteiger partial charge in [0, 0.05) is 31.9 Å². The van der Waals surface area contributed by atoms with E-state index in [1.54, 1.807) is 11.8 Å². The summed E-state index contributed by atoms with van der Waals surface area (Å²) in [4.78, 5) is 30.8. The zero-order valence-corrected chi connectivity index (χ0v) is 17.5. The Kier molecular flexibility index (Phi) is 5.88. The van der Waals surface area contributed by atoms with Crippen molar-refractivity contribution < 1.29 is 22.7 Å². The number of piperazine rings is 1. The van der Waals surface area contributed by atoms with E-state index in [1.807, 2.05) is 6.92 Å². The number of pyridine rings is 2. The number of aromatic nitrogens is 2. The van der Waals surface area contributed by atoms with Crippen LogP contribution in [-0.4, -0.2) is 47.8 Å². The zero-order chi connectivity index (χ0) is 23.0. The van der Waals surface area contributed by atoms with Gasteiger partial charge in [-0.15, -0.1) is 0 Å². The van der Waals surface area contributed by atoms with Crippen molar-refractivity contribution in [3.05, 3.63) is 63.8 Å². The number of halogens is 3. The quantitative estimate of drug-likeness (QED) is 0.622. The van der Waals surface area contributed by atoms with Crippen molar-refractivity contribution in [2.75, 3.05) is 31.1 Å². The number of hydrogen-bond acceptors (Lipinski definition) is 6. The van der Waals surface area contributed by atoms with Gasteiger partial charge in [-0.25, -0.2) is 22.9 Å². The number of hydrogen-bond donors (Lipinski definition) is 1. The van der Waals surface area contributed by atoms with E-state index < -0.39 is 34.4 Å². The van der Waals surface area contributed by atoms with Crippen LogP contribution in [0, 0.1) is 17.5 Å². The van der Waals surface area contributed by atoms with E-state index in [1.165, 1.54) is 6.07 Å². The van der Waals surface area contributed by atoms with Gasteiger partial charge in [-0.2, -0.15) is 0 Å². The highest BCUT2D eigenvalue weighted by Gasteiger charge is 2.28. The summed E-state index contributed by atoms with van der Waals surface area (Å²) in [6.45, 7) is 4.73. The number of nitrogens with one attached hydrogen (secondary N) is 1. The highest BCUT2D eigenvalue weighted by Crippen LogP contribution is 2.31. The maximum atomic E-state index is 15.8. The van der Waals surface area contributed by atoms with E-state index >= 15 is 8.78 Å². The number of esters is 1. The molecule has 0 bridgehead atoms. The summed E-state index contributed by atoms with van der Waals surface area (Å²) in [6, 6.07) is 3.30. The molecule has 10 heteroatoms. The van der Waals surface area contributed by atoms with Crippen LogP contribution in [-0.2, 0) is 4.74 Å². The number of ether oxygens (including phenoxy) is 1. The molecule has 3 heterocycles. The van der Waals surface area contributed by atoms with Gasteiger partial charge in [0.2, 0.25) is 5.43 Å². The highest BCUT2D eigenvalue weighted by atomic mass is 19.1. The number of rotatable bonds is 4. The molecular weight excluding hydrogens is 425 g/mol. The molecule has 0 saturated carbocycles. The molecule has 1 aliphatic heterocycles. The van der Waals surface area contributed by atoms with Crippen LogP contribution in [0.15, 0.2) is 35.4 Å². The maximum absolute atomic E-state index is 15.8. The fourth-order valence-electron chi connectivity index (χ4n) is 3.88. The molecule has 1 fully saturated rings. The second kappa shape index (κ2) is 8.62. The van der Waals surface area contributed by atoms with Gasteiger partial charge in [-0.05, 0) is 32.0 Å². The Morgan fingerprint density at radius 1 is 1.31 bits per heavy atom. The molecule has 0 aliphatic carbocycles. The third-order valence-electron chi connectivity index (χ3n) is 5.30. The first-order valence-corrected chi connectivity index (χ1v) is 10.2. The molecule has 1 aliphatic rings. The average Bonchev–Trinajstić information content (AvgIpc) is 2.75. The summed E-state index contributed by atoms with van der Waals surface area (Å²) >= 11 is 0. The average molecular weight is 446 g/mol. The SMILES string of the molecule is CCOC(=O)c1cn(-c2ccc(F)cn2)c2c(F)c(N3CCNC(C)C3)c(F)cc2c1=O. The Bertz CT molecular complexity index is 1240. The Hall–Kier alpha value is -3.40. The van der Waals surface area contributed by atoms with Gasteiger partial charge in [0.05, 0.1) is 23.7 Å². The fourth-order valence-corrected chi connectivity index (χ4v) is 3.88. The predicted molar refractivity (Wildman–Crippen MR) is 113 cm³/mol. The van der Waals surface area contributed by atoms with Gasteiger partial charge < -0.3 is 15.0 Å². The van der Waals surface area contributed by atoms with Crippen LogP contribution in [0.3, 0.4) is 0 Å². The lowest BCUT2D eigenvalue weighted by Gasteiger charge is -2.34. The third kappa shape index (κ3) is 3.81. The van der Waals surface area contributed by atoms with Gasteiger partial charge >= 0.3 is 5.97 Å². The first-order valence-electron chi connectivity index (χ1n) is 10.2. The minimum Gasteiger partial charge on any atom is -0.462 e. The van der Waals surface area contributed by atoms with E-state index in [0.29, 0.717) is 19.6 Å². The van der Waals surface area contributed by atoms with Crippen LogP contribution in [0.25, 0.3) is 16.7 Å². The summed E-state index contributed by atoms with van der Waals surface area (Å²) in [5.41, 5.74) is -1.81. The summed E-state index contributed by atoms with van der Waals surface area (Å²) in [5.74, 6) is -3.39. The van der Waals surface area contributed by atoms with E-state index in [0.717, 1.165) is 29.1 Å². The maximum Gasteiger partial charge on any atom is 0.343 e. The number of benzene rings is 1. The van der Waals surface area contributed by atoms with Crippen molar-refractivity contribution in [2.45, 2.75) is 19.9 Å². The van der Waals surface area contributed by atoms with Crippen molar-refractivity contribution in [3.8, 4) is 5.82 Å². The smallest absolute Gasteiger partial charge is 0.343 e. The largest absolute Gasteiger partial charge is 0.462 e. The summed E-state index contributed by atoms with van der Waals surface area (Å²) in [6.07, 6.45) is 2.01. The predicted octanol–water partition coefficient (Wildman–Crippen LogP) is 2.78. The highest BCUT2D eigenvalue weighted by molar-refractivity contribution is 5.95. The van der Waals surface area contributed by atoms with Gasteiger partial charge in [0.15, 0.2) is 5.82 Å². The topological polar surface area (TPSA) is 76.5 Å². The summed E-state index contributed by atoms with van der Waals surface area (Å²) in [5, 5.41) is 2.86. The molecule has 1 N–H and O–H groups in total. The molecule has 0 spiro atoms. The van der Waals surface area contributed by atoms with Crippen LogP contribution in [0.2, 0.25) is 0 Å². The van der Waals surface area contributed by atoms with E-state index in [4.69, 9.17) is 4.74 Å². The lowest BCUT2D eigenvalue weighted by Crippen LogP contribution is -2.49. The Labute approximate surface area is 181 Å². The van der Waals surface area contributed by atoms with Crippen molar-refractivity contribution in [3.63, 3.8) is 0 Å². The summed E-state index contributed by atoms with van der Waals surface area (Å²) < 4.78 is 50.5. The number of carbonyl (C=O) groups is 1. The Morgan fingerprint density at radius 2 is 2.09 bits per heavy atom. The van der Waals surface area contributed by atoms with Gasteiger partial charge in [0.1, 0.15) is 28.7 Å².